The van der Waals surface area contributed by atoms with Crippen molar-refractivity contribution in [1.29, 1.82) is 0 Å². The zero-order valence-corrected chi connectivity index (χ0v) is 10.9. The van der Waals surface area contributed by atoms with Gasteiger partial charge in [-0.3, -0.25) is 0 Å². The number of hydrogen-bond acceptors (Lipinski definition) is 4. The summed E-state index contributed by atoms with van der Waals surface area (Å²) >= 11 is 0. The van der Waals surface area contributed by atoms with E-state index < -0.39 is 0 Å². The lowest BCUT2D eigenvalue weighted by Crippen LogP contribution is -1.97. The molecule has 0 saturated heterocycles. The largest absolute Gasteiger partial charge is 0.496 e. The van der Waals surface area contributed by atoms with Crippen LogP contribution in [0.2, 0.25) is 0 Å². The minimum atomic E-state index is 0.198. The number of anilines is 1. The Hall–Kier alpha value is -1.97. The Morgan fingerprint density at radius 2 is 2.17 bits per heavy atom. The molecular formula is C14H18N2O2. The highest BCUT2D eigenvalue weighted by molar-refractivity contribution is 5.40. The van der Waals surface area contributed by atoms with E-state index in [4.69, 9.17) is 14.9 Å². The van der Waals surface area contributed by atoms with Gasteiger partial charge in [-0.05, 0) is 17.5 Å². The molecule has 0 fully saturated rings. The number of hydrogen-bond donors (Lipinski definition) is 1. The molecule has 0 unspecified atom stereocenters. The quantitative estimate of drug-likeness (QED) is 0.900. The van der Waals surface area contributed by atoms with Crippen LogP contribution in [0.4, 0.5) is 6.01 Å². The summed E-state index contributed by atoms with van der Waals surface area (Å²) in [5, 5.41) is 0. The van der Waals surface area contributed by atoms with E-state index in [9.17, 15) is 0 Å². The van der Waals surface area contributed by atoms with E-state index >= 15 is 0 Å². The SMILES string of the molecule is COc1ccc(C(C)C)cc1Cc1coc(N)n1. The Bertz CT molecular complexity index is 532. The summed E-state index contributed by atoms with van der Waals surface area (Å²) in [6, 6.07) is 6.43. The summed E-state index contributed by atoms with van der Waals surface area (Å²) in [7, 11) is 1.67. The predicted molar refractivity (Wildman–Crippen MR) is 70.8 cm³/mol. The number of benzene rings is 1. The summed E-state index contributed by atoms with van der Waals surface area (Å²) in [5.74, 6) is 1.35. The number of ether oxygens (including phenoxy) is 1. The molecule has 0 bridgehead atoms. The fourth-order valence-electron chi connectivity index (χ4n) is 1.89. The van der Waals surface area contributed by atoms with Gasteiger partial charge in [0.15, 0.2) is 0 Å². The average Bonchev–Trinajstić information content (AvgIpc) is 2.74. The summed E-state index contributed by atoms with van der Waals surface area (Å²) < 4.78 is 10.4. The molecule has 96 valence electrons. The second kappa shape index (κ2) is 5.12. The molecule has 2 aromatic rings. The molecule has 0 saturated carbocycles. The number of oxazole rings is 1. The van der Waals surface area contributed by atoms with Gasteiger partial charge in [-0.1, -0.05) is 26.0 Å². The van der Waals surface area contributed by atoms with E-state index in [1.54, 1.807) is 13.4 Å². The average molecular weight is 246 g/mol. The Morgan fingerprint density at radius 3 is 2.72 bits per heavy atom. The van der Waals surface area contributed by atoms with Crippen LogP contribution in [0, 0.1) is 0 Å². The molecule has 0 aliphatic heterocycles. The third-order valence-corrected chi connectivity index (χ3v) is 2.91. The van der Waals surface area contributed by atoms with Gasteiger partial charge in [0.1, 0.15) is 12.0 Å². The maximum absolute atomic E-state index is 5.47. The second-order valence-corrected chi connectivity index (χ2v) is 4.58. The molecule has 18 heavy (non-hydrogen) atoms. The number of aromatic nitrogens is 1. The molecule has 0 atom stereocenters. The van der Waals surface area contributed by atoms with Crippen LogP contribution in [0.3, 0.4) is 0 Å². The number of rotatable bonds is 4. The zero-order chi connectivity index (χ0) is 13.1. The van der Waals surface area contributed by atoms with Crippen LogP contribution in [0.5, 0.6) is 5.75 Å². The number of nitrogen functional groups attached to an aromatic ring is 1. The summed E-state index contributed by atoms with van der Waals surface area (Å²) in [6.07, 6.45) is 2.24. The van der Waals surface area contributed by atoms with Crippen molar-refractivity contribution >= 4 is 6.01 Å². The van der Waals surface area contributed by atoms with Crippen molar-refractivity contribution in [1.82, 2.24) is 4.98 Å². The predicted octanol–water partition coefficient (Wildman–Crippen LogP) is 2.98. The zero-order valence-electron chi connectivity index (χ0n) is 10.9. The first-order valence-corrected chi connectivity index (χ1v) is 5.97. The molecule has 2 N–H and O–H groups in total. The maximum Gasteiger partial charge on any atom is 0.292 e. The normalized spacial score (nSPS) is 10.9. The molecule has 0 radical (unpaired) electrons. The molecule has 0 amide bonds. The first-order valence-electron chi connectivity index (χ1n) is 5.97. The van der Waals surface area contributed by atoms with Gasteiger partial charge >= 0.3 is 0 Å². The number of nitrogens with two attached hydrogens (primary N) is 1. The highest BCUT2D eigenvalue weighted by Gasteiger charge is 2.10. The van der Waals surface area contributed by atoms with Gasteiger partial charge in [-0.2, -0.15) is 4.98 Å². The van der Waals surface area contributed by atoms with Gasteiger partial charge in [-0.25, -0.2) is 0 Å². The van der Waals surface area contributed by atoms with Crippen molar-refractivity contribution in [2.75, 3.05) is 12.8 Å². The lowest BCUT2D eigenvalue weighted by molar-refractivity contribution is 0.410. The van der Waals surface area contributed by atoms with Crippen molar-refractivity contribution in [3.8, 4) is 5.75 Å². The second-order valence-electron chi connectivity index (χ2n) is 4.58. The highest BCUT2D eigenvalue weighted by atomic mass is 16.5. The molecule has 1 heterocycles. The van der Waals surface area contributed by atoms with E-state index in [1.807, 2.05) is 6.07 Å². The van der Waals surface area contributed by atoms with Crippen LogP contribution in [0.25, 0.3) is 0 Å². The van der Waals surface area contributed by atoms with Gasteiger partial charge in [0, 0.05) is 12.0 Å². The first kappa shape index (κ1) is 12.5. The fraction of sp³-hybridized carbons (Fsp3) is 0.357. The Morgan fingerprint density at radius 1 is 1.39 bits per heavy atom. The molecule has 2 rings (SSSR count). The molecule has 0 aliphatic carbocycles. The Kier molecular flexibility index (Phi) is 3.55. The first-order chi connectivity index (χ1) is 8.60. The van der Waals surface area contributed by atoms with Crippen LogP contribution in [0.1, 0.15) is 36.6 Å². The minimum absolute atomic E-state index is 0.198. The van der Waals surface area contributed by atoms with E-state index in [-0.39, 0.29) is 6.01 Å². The summed E-state index contributed by atoms with van der Waals surface area (Å²) in [4.78, 5) is 4.11. The van der Waals surface area contributed by atoms with E-state index in [0.29, 0.717) is 12.3 Å². The topological polar surface area (TPSA) is 61.3 Å². The molecule has 1 aromatic heterocycles. The monoisotopic (exact) mass is 246 g/mol. The number of nitrogens with zero attached hydrogens (tertiary/aromatic N) is 1. The van der Waals surface area contributed by atoms with Gasteiger partial charge in [0.2, 0.25) is 0 Å². The van der Waals surface area contributed by atoms with Gasteiger partial charge in [-0.15, -0.1) is 0 Å². The van der Waals surface area contributed by atoms with Crippen LogP contribution >= 0.6 is 0 Å². The van der Waals surface area contributed by atoms with Crippen molar-refractivity contribution in [2.45, 2.75) is 26.2 Å². The van der Waals surface area contributed by atoms with E-state index in [2.05, 4.69) is 31.0 Å². The van der Waals surface area contributed by atoms with Crippen LogP contribution < -0.4 is 10.5 Å². The summed E-state index contributed by atoms with van der Waals surface area (Å²) in [6.45, 7) is 4.33. The number of methoxy groups -OCH3 is 1. The summed E-state index contributed by atoms with van der Waals surface area (Å²) in [5.41, 5.74) is 8.66. The van der Waals surface area contributed by atoms with Crippen molar-refractivity contribution in [3.05, 3.63) is 41.3 Å². The molecular weight excluding hydrogens is 228 g/mol. The Balaban J connectivity index is 2.32. The van der Waals surface area contributed by atoms with Gasteiger partial charge < -0.3 is 14.9 Å². The molecule has 0 aliphatic rings. The lowest BCUT2D eigenvalue weighted by Gasteiger charge is -2.11. The van der Waals surface area contributed by atoms with Crippen LogP contribution in [0.15, 0.2) is 28.9 Å². The Labute approximate surface area is 107 Å². The van der Waals surface area contributed by atoms with E-state index in [0.717, 1.165) is 17.0 Å². The highest BCUT2D eigenvalue weighted by Crippen LogP contribution is 2.26. The third-order valence-electron chi connectivity index (χ3n) is 2.91. The molecule has 0 spiro atoms. The van der Waals surface area contributed by atoms with Crippen molar-refractivity contribution in [2.24, 2.45) is 0 Å². The van der Waals surface area contributed by atoms with Crippen molar-refractivity contribution in [3.63, 3.8) is 0 Å². The molecule has 1 aromatic carbocycles. The van der Waals surface area contributed by atoms with E-state index in [1.165, 1.54) is 5.56 Å². The standard InChI is InChI=1S/C14H18N2O2/c1-9(2)10-4-5-13(17-3)11(6-10)7-12-8-18-14(15)16-12/h4-6,8-9H,7H2,1-3H3,(H2,15,16). The molecule has 4 heteroatoms. The lowest BCUT2D eigenvalue weighted by atomic mass is 9.98. The third kappa shape index (κ3) is 2.64. The van der Waals surface area contributed by atoms with Gasteiger partial charge in [0.25, 0.3) is 6.01 Å². The van der Waals surface area contributed by atoms with Crippen LogP contribution in [-0.4, -0.2) is 12.1 Å². The maximum atomic E-state index is 5.47. The fourth-order valence-corrected chi connectivity index (χ4v) is 1.89. The van der Waals surface area contributed by atoms with Gasteiger partial charge in [0.05, 0.1) is 12.8 Å². The molecule has 4 nitrogen and oxygen atoms in total. The van der Waals surface area contributed by atoms with Crippen LogP contribution in [-0.2, 0) is 6.42 Å². The smallest absolute Gasteiger partial charge is 0.292 e. The van der Waals surface area contributed by atoms with Crippen molar-refractivity contribution < 1.29 is 9.15 Å². The minimum Gasteiger partial charge on any atom is -0.496 e.